The summed E-state index contributed by atoms with van der Waals surface area (Å²) < 4.78 is 48.7. The Morgan fingerprint density at radius 3 is 2.36 bits per heavy atom. The van der Waals surface area contributed by atoms with E-state index in [-0.39, 0.29) is 17.3 Å². The van der Waals surface area contributed by atoms with Crippen LogP contribution in [-0.2, 0) is 21.2 Å². The molecule has 0 aliphatic heterocycles. The Morgan fingerprint density at radius 2 is 1.79 bits per heavy atom. The molecule has 0 radical (unpaired) electrons. The number of hydrogen-bond acceptors (Lipinski definition) is 5. The van der Waals surface area contributed by atoms with Crippen LogP contribution < -0.4 is 19.1 Å². The summed E-state index contributed by atoms with van der Waals surface area (Å²) in [5.41, 5.74) is 1.10. The van der Waals surface area contributed by atoms with Crippen LogP contribution in [0.1, 0.15) is 5.56 Å². The first-order valence-corrected chi connectivity index (χ1v) is 10.3. The summed E-state index contributed by atoms with van der Waals surface area (Å²) in [6.07, 6.45) is 1.51. The molecule has 0 aromatic heterocycles. The quantitative estimate of drug-likeness (QED) is 0.683. The number of nitrogens with one attached hydrogen (secondary N) is 1. The summed E-state index contributed by atoms with van der Waals surface area (Å²) >= 11 is 0. The van der Waals surface area contributed by atoms with Gasteiger partial charge >= 0.3 is 0 Å². The first kappa shape index (κ1) is 21.5. The van der Waals surface area contributed by atoms with E-state index in [1.165, 1.54) is 32.4 Å². The van der Waals surface area contributed by atoms with Gasteiger partial charge in [-0.05, 0) is 36.2 Å². The van der Waals surface area contributed by atoms with Crippen molar-refractivity contribution in [3.8, 4) is 11.5 Å². The number of ether oxygens (including phenoxy) is 2. The number of methoxy groups -OCH3 is 2. The van der Waals surface area contributed by atoms with E-state index in [4.69, 9.17) is 9.47 Å². The van der Waals surface area contributed by atoms with Crippen LogP contribution in [0.15, 0.2) is 42.5 Å². The SMILES string of the molecule is COc1ccc(N(CC(=O)NCCc2ccc(F)cc2)S(C)(=O)=O)c(OC)c1. The number of amides is 1. The van der Waals surface area contributed by atoms with Crippen molar-refractivity contribution in [1.82, 2.24) is 5.32 Å². The summed E-state index contributed by atoms with van der Waals surface area (Å²) in [5.74, 6) is -0.0304. The number of halogens is 1. The highest BCUT2D eigenvalue weighted by Gasteiger charge is 2.24. The van der Waals surface area contributed by atoms with Gasteiger partial charge in [0.1, 0.15) is 23.9 Å². The summed E-state index contributed by atoms with van der Waals surface area (Å²) in [7, 11) is -0.849. The minimum atomic E-state index is -3.74. The molecule has 2 aromatic carbocycles. The molecule has 0 heterocycles. The van der Waals surface area contributed by atoms with E-state index in [1.807, 2.05) is 0 Å². The Bertz CT molecular complexity index is 916. The lowest BCUT2D eigenvalue weighted by molar-refractivity contribution is -0.119. The zero-order valence-electron chi connectivity index (χ0n) is 15.9. The maximum absolute atomic E-state index is 12.9. The van der Waals surface area contributed by atoms with E-state index >= 15 is 0 Å². The van der Waals surface area contributed by atoms with Gasteiger partial charge in [0, 0.05) is 12.6 Å². The Morgan fingerprint density at radius 1 is 1.11 bits per heavy atom. The Balaban J connectivity index is 2.08. The van der Waals surface area contributed by atoms with Gasteiger partial charge in [-0.2, -0.15) is 0 Å². The number of rotatable bonds is 9. The highest BCUT2D eigenvalue weighted by atomic mass is 32.2. The summed E-state index contributed by atoms with van der Waals surface area (Å²) in [5, 5.41) is 2.67. The average Bonchev–Trinajstić information content (AvgIpc) is 2.66. The van der Waals surface area contributed by atoms with Crippen molar-refractivity contribution in [1.29, 1.82) is 0 Å². The van der Waals surface area contributed by atoms with Gasteiger partial charge in [-0.25, -0.2) is 12.8 Å². The molecular formula is C19H23FN2O5S. The van der Waals surface area contributed by atoms with Gasteiger partial charge in [-0.15, -0.1) is 0 Å². The summed E-state index contributed by atoms with van der Waals surface area (Å²) in [6, 6.07) is 10.6. The van der Waals surface area contributed by atoms with Crippen molar-refractivity contribution < 1.29 is 27.1 Å². The average molecular weight is 410 g/mol. The molecule has 152 valence electrons. The normalized spacial score (nSPS) is 11.0. The molecule has 0 saturated carbocycles. The molecule has 0 fully saturated rings. The lowest BCUT2D eigenvalue weighted by atomic mass is 10.1. The smallest absolute Gasteiger partial charge is 0.240 e. The highest BCUT2D eigenvalue weighted by molar-refractivity contribution is 7.92. The van der Waals surface area contributed by atoms with Crippen LogP contribution in [0, 0.1) is 5.82 Å². The number of sulfonamides is 1. The Kier molecular flexibility index (Phi) is 7.22. The molecule has 0 saturated heterocycles. The van der Waals surface area contributed by atoms with Gasteiger partial charge in [-0.3, -0.25) is 9.10 Å². The molecule has 0 aliphatic carbocycles. The number of anilines is 1. The first-order chi connectivity index (χ1) is 13.2. The molecule has 0 atom stereocenters. The predicted octanol–water partition coefficient (Wildman–Crippen LogP) is 1.97. The molecule has 2 aromatic rings. The molecular weight excluding hydrogens is 387 g/mol. The van der Waals surface area contributed by atoms with E-state index in [0.717, 1.165) is 16.1 Å². The summed E-state index contributed by atoms with van der Waals surface area (Å²) in [4.78, 5) is 12.3. The molecule has 0 spiro atoms. The van der Waals surface area contributed by atoms with E-state index in [9.17, 15) is 17.6 Å². The minimum absolute atomic E-state index is 0.236. The van der Waals surface area contributed by atoms with Crippen LogP contribution >= 0.6 is 0 Å². The van der Waals surface area contributed by atoms with Crippen molar-refractivity contribution in [2.75, 3.05) is 37.9 Å². The number of carbonyl (C=O) groups is 1. The van der Waals surface area contributed by atoms with E-state index in [1.54, 1.807) is 24.3 Å². The zero-order chi connectivity index (χ0) is 20.7. The lowest BCUT2D eigenvalue weighted by Crippen LogP contribution is -2.41. The fourth-order valence-corrected chi connectivity index (χ4v) is 3.42. The molecule has 0 unspecified atom stereocenters. The third-order valence-electron chi connectivity index (χ3n) is 3.99. The summed E-state index contributed by atoms with van der Waals surface area (Å²) in [6.45, 7) is -0.104. The van der Waals surface area contributed by atoms with Crippen LogP contribution in [0.25, 0.3) is 0 Å². The fraction of sp³-hybridized carbons (Fsp3) is 0.316. The van der Waals surface area contributed by atoms with Crippen LogP contribution in [0.4, 0.5) is 10.1 Å². The van der Waals surface area contributed by atoms with Gasteiger partial charge in [0.25, 0.3) is 0 Å². The molecule has 1 N–H and O–H groups in total. The van der Waals surface area contributed by atoms with E-state index in [2.05, 4.69) is 5.32 Å². The van der Waals surface area contributed by atoms with Crippen molar-refractivity contribution in [3.63, 3.8) is 0 Å². The van der Waals surface area contributed by atoms with Crippen LogP contribution in [-0.4, -0.2) is 47.9 Å². The van der Waals surface area contributed by atoms with Crippen molar-refractivity contribution in [3.05, 3.63) is 53.8 Å². The molecule has 0 bridgehead atoms. The van der Waals surface area contributed by atoms with Crippen LogP contribution in [0.5, 0.6) is 11.5 Å². The van der Waals surface area contributed by atoms with Gasteiger partial charge in [0.05, 0.1) is 26.2 Å². The molecule has 0 aliphatic rings. The van der Waals surface area contributed by atoms with Gasteiger partial charge in [-0.1, -0.05) is 12.1 Å². The lowest BCUT2D eigenvalue weighted by Gasteiger charge is -2.24. The molecule has 1 amide bonds. The maximum atomic E-state index is 12.9. The fourth-order valence-electron chi connectivity index (χ4n) is 2.56. The predicted molar refractivity (Wildman–Crippen MR) is 105 cm³/mol. The second kappa shape index (κ2) is 9.41. The van der Waals surface area contributed by atoms with Gasteiger partial charge in [0.15, 0.2) is 0 Å². The second-order valence-electron chi connectivity index (χ2n) is 6.03. The third kappa shape index (κ3) is 5.85. The number of carbonyl (C=O) groups excluding carboxylic acids is 1. The first-order valence-electron chi connectivity index (χ1n) is 8.45. The monoisotopic (exact) mass is 410 g/mol. The highest BCUT2D eigenvalue weighted by Crippen LogP contribution is 2.33. The van der Waals surface area contributed by atoms with Crippen LogP contribution in [0.2, 0.25) is 0 Å². The topological polar surface area (TPSA) is 84.9 Å². The van der Waals surface area contributed by atoms with Gasteiger partial charge < -0.3 is 14.8 Å². The van der Waals surface area contributed by atoms with Crippen molar-refractivity contribution >= 4 is 21.6 Å². The van der Waals surface area contributed by atoms with Crippen molar-refractivity contribution in [2.45, 2.75) is 6.42 Å². The van der Waals surface area contributed by atoms with Crippen molar-refractivity contribution in [2.24, 2.45) is 0 Å². The van der Waals surface area contributed by atoms with E-state index in [0.29, 0.717) is 18.7 Å². The zero-order valence-corrected chi connectivity index (χ0v) is 16.8. The van der Waals surface area contributed by atoms with Crippen LogP contribution in [0.3, 0.4) is 0 Å². The molecule has 2 rings (SSSR count). The second-order valence-corrected chi connectivity index (χ2v) is 7.94. The minimum Gasteiger partial charge on any atom is -0.497 e. The molecule has 7 nitrogen and oxygen atoms in total. The number of hydrogen-bond donors (Lipinski definition) is 1. The third-order valence-corrected chi connectivity index (χ3v) is 5.12. The molecule has 28 heavy (non-hydrogen) atoms. The Labute approximate surface area is 164 Å². The largest absolute Gasteiger partial charge is 0.497 e. The standard InChI is InChI=1S/C19H23FN2O5S/c1-26-16-8-9-17(18(12-16)27-2)22(28(3,24)25)13-19(23)21-11-10-14-4-6-15(20)7-5-14/h4-9,12H,10-11,13H2,1-3H3,(H,21,23). The van der Waals surface area contributed by atoms with Gasteiger partial charge in [0.2, 0.25) is 15.9 Å². The maximum Gasteiger partial charge on any atom is 0.240 e. The number of benzene rings is 2. The van der Waals surface area contributed by atoms with E-state index < -0.39 is 22.5 Å². The Hall–Kier alpha value is -2.81. The molecule has 9 heteroatoms. The number of nitrogens with zero attached hydrogens (tertiary/aromatic N) is 1.